The van der Waals surface area contributed by atoms with Gasteiger partial charge in [-0.05, 0) is 52.0 Å². The van der Waals surface area contributed by atoms with E-state index in [0.29, 0.717) is 5.56 Å². The van der Waals surface area contributed by atoms with Crippen molar-refractivity contribution in [1.82, 2.24) is 5.32 Å². The van der Waals surface area contributed by atoms with Crippen LogP contribution in [-0.4, -0.2) is 30.7 Å². The summed E-state index contributed by atoms with van der Waals surface area (Å²) in [5, 5.41) is 2.72. The van der Waals surface area contributed by atoms with E-state index in [4.69, 9.17) is 9.31 Å². The monoisotopic (exact) mass is 279 g/mol. The number of hydrogen-bond donors (Lipinski definition) is 1. The van der Waals surface area contributed by atoms with Gasteiger partial charge in [-0.2, -0.15) is 0 Å². The first-order chi connectivity index (χ1) is 9.21. The van der Waals surface area contributed by atoms with E-state index in [1.165, 1.54) is 24.3 Å². The third-order valence-electron chi connectivity index (χ3n) is 3.84. The second kappa shape index (κ2) is 5.18. The van der Waals surface area contributed by atoms with Gasteiger partial charge in [-0.15, -0.1) is 0 Å². The molecule has 1 aromatic carbocycles. The van der Waals surface area contributed by atoms with Crippen molar-refractivity contribution in [2.75, 3.05) is 6.44 Å². The Bertz CT molecular complexity index is 486. The molecule has 20 heavy (non-hydrogen) atoms. The first-order valence-electron chi connectivity index (χ1n) is 6.61. The summed E-state index contributed by atoms with van der Waals surface area (Å²) in [6.45, 7) is 7.81. The molecule has 1 N–H and O–H groups in total. The Labute approximate surface area is 118 Å². The molecule has 4 nitrogen and oxygen atoms in total. The SMILES string of the molecule is CC1(C)OB(CNC(=O)c2ccc(F)cc2)OC1(C)C. The van der Waals surface area contributed by atoms with Crippen molar-refractivity contribution in [2.45, 2.75) is 38.9 Å². The topological polar surface area (TPSA) is 47.6 Å². The van der Waals surface area contributed by atoms with E-state index in [0.717, 1.165) is 0 Å². The highest BCUT2D eigenvalue weighted by molar-refractivity contribution is 6.46. The van der Waals surface area contributed by atoms with Crippen LogP contribution in [0.1, 0.15) is 38.1 Å². The van der Waals surface area contributed by atoms with Gasteiger partial charge < -0.3 is 14.6 Å². The van der Waals surface area contributed by atoms with E-state index in [1.54, 1.807) is 0 Å². The number of carbonyl (C=O) groups excluding carboxylic acids is 1. The molecule has 0 bridgehead atoms. The van der Waals surface area contributed by atoms with Gasteiger partial charge >= 0.3 is 7.12 Å². The average molecular weight is 279 g/mol. The number of halogens is 1. The smallest absolute Gasteiger partial charge is 0.402 e. The zero-order valence-corrected chi connectivity index (χ0v) is 12.2. The van der Waals surface area contributed by atoms with Gasteiger partial charge in [-0.1, -0.05) is 0 Å². The maximum Gasteiger partial charge on any atom is 0.478 e. The van der Waals surface area contributed by atoms with Crippen LogP contribution < -0.4 is 5.32 Å². The van der Waals surface area contributed by atoms with Crippen molar-refractivity contribution in [3.63, 3.8) is 0 Å². The molecule has 1 aliphatic rings. The Morgan fingerprint density at radius 2 is 1.65 bits per heavy atom. The molecule has 1 amide bonds. The van der Waals surface area contributed by atoms with Crippen LogP contribution >= 0.6 is 0 Å². The van der Waals surface area contributed by atoms with Crippen molar-refractivity contribution in [2.24, 2.45) is 0 Å². The molecule has 0 atom stereocenters. The highest BCUT2D eigenvalue weighted by Gasteiger charge is 2.50. The highest BCUT2D eigenvalue weighted by Crippen LogP contribution is 2.36. The quantitative estimate of drug-likeness (QED) is 0.863. The number of hydrogen-bond acceptors (Lipinski definition) is 3. The summed E-state index contributed by atoms with van der Waals surface area (Å²) in [5.74, 6) is -0.646. The second-order valence-corrected chi connectivity index (χ2v) is 5.90. The largest absolute Gasteiger partial charge is 0.478 e. The van der Waals surface area contributed by atoms with Crippen LogP contribution in [0, 0.1) is 5.82 Å². The third kappa shape index (κ3) is 3.02. The molecule has 1 heterocycles. The molecule has 1 fully saturated rings. The van der Waals surface area contributed by atoms with E-state index in [9.17, 15) is 9.18 Å². The fourth-order valence-electron chi connectivity index (χ4n) is 1.93. The minimum absolute atomic E-state index is 0.253. The van der Waals surface area contributed by atoms with E-state index >= 15 is 0 Å². The molecule has 1 aromatic rings. The lowest BCUT2D eigenvalue weighted by molar-refractivity contribution is 0.00578. The molecule has 0 aliphatic carbocycles. The molecular weight excluding hydrogens is 260 g/mol. The summed E-state index contributed by atoms with van der Waals surface area (Å²) in [5.41, 5.74) is -0.431. The molecule has 1 aliphatic heterocycles. The summed E-state index contributed by atoms with van der Waals surface area (Å²) in [6, 6.07) is 5.39. The predicted octanol–water partition coefficient (Wildman–Crippen LogP) is 2.19. The number of benzene rings is 1. The van der Waals surface area contributed by atoms with E-state index in [-0.39, 0.29) is 18.2 Å². The van der Waals surface area contributed by atoms with Gasteiger partial charge in [0.1, 0.15) is 5.82 Å². The maximum atomic E-state index is 12.8. The number of amides is 1. The Morgan fingerprint density at radius 1 is 1.15 bits per heavy atom. The fraction of sp³-hybridized carbons (Fsp3) is 0.500. The minimum atomic E-state index is -0.482. The minimum Gasteiger partial charge on any atom is -0.402 e. The van der Waals surface area contributed by atoms with Crippen molar-refractivity contribution >= 4 is 13.0 Å². The summed E-state index contributed by atoms with van der Waals surface area (Å²) >= 11 is 0. The standard InChI is InChI=1S/C14H19BFNO3/c1-13(2)14(3,4)20-15(19-13)9-17-12(18)10-5-7-11(16)8-6-10/h5-8H,9H2,1-4H3,(H,17,18). The van der Waals surface area contributed by atoms with Crippen LogP contribution in [0.15, 0.2) is 24.3 Å². The Kier molecular flexibility index (Phi) is 3.89. The molecule has 2 rings (SSSR count). The molecule has 0 aromatic heterocycles. The molecule has 1 saturated heterocycles. The Hall–Kier alpha value is -1.40. The van der Waals surface area contributed by atoms with Crippen LogP contribution in [0.2, 0.25) is 0 Å². The van der Waals surface area contributed by atoms with Crippen molar-refractivity contribution in [3.8, 4) is 0 Å². The van der Waals surface area contributed by atoms with Gasteiger partial charge in [0.15, 0.2) is 0 Å². The van der Waals surface area contributed by atoms with Crippen LogP contribution in [0.3, 0.4) is 0 Å². The normalized spacial score (nSPS) is 19.9. The maximum absolute atomic E-state index is 12.8. The van der Waals surface area contributed by atoms with E-state index in [1.807, 2.05) is 27.7 Å². The zero-order valence-electron chi connectivity index (χ0n) is 12.2. The van der Waals surface area contributed by atoms with Gasteiger partial charge in [-0.3, -0.25) is 4.79 Å². The van der Waals surface area contributed by atoms with Crippen molar-refractivity contribution in [3.05, 3.63) is 35.6 Å². The summed E-state index contributed by atoms with van der Waals surface area (Å²) in [4.78, 5) is 11.9. The predicted molar refractivity (Wildman–Crippen MR) is 74.8 cm³/mol. The summed E-state index contributed by atoms with van der Waals surface area (Å²) < 4.78 is 24.3. The summed E-state index contributed by atoms with van der Waals surface area (Å²) in [7, 11) is -0.482. The number of rotatable bonds is 3. The fourth-order valence-corrected chi connectivity index (χ4v) is 1.93. The van der Waals surface area contributed by atoms with Gasteiger partial charge in [0, 0.05) is 5.56 Å². The van der Waals surface area contributed by atoms with Gasteiger partial charge in [0.2, 0.25) is 0 Å². The first kappa shape index (κ1) is 15.0. The van der Waals surface area contributed by atoms with Crippen molar-refractivity contribution < 1.29 is 18.5 Å². The lowest BCUT2D eigenvalue weighted by atomic mass is 9.90. The lowest BCUT2D eigenvalue weighted by Crippen LogP contribution is -2.41. The number of nitrogens with one attached hydrogen (secondary N) is 1. The highest BCUT2D eigenvalue weighted by atomic mass is 19.1. The number of carbonyl (C=O) groups is 1. The van der Waals surface area contributed by atoms with Crippen LogP contribution in [0.4, 0.5) is 4.39 Å². The van der Waals surface area contributed by atoms with E-state index in [2.05, 4.69) is 5.32 Å². The van der Waals surface area contributed by atoms with E-state index < -0.39 is 18.3 Å². The Morgan fingerprint density at radius 3 is 2.15 bits per heavy atom. The Balaban J connectivity index is 1.91. The molecule has 0 radical (unpaired) electrons. The average Bonchev–Trinajstić information content (AvgIpc) is 2.56. The molecule has 108 valence electrons. The lowest BCUT2D eigenvalue weighted by Gasteiger charge is -2.32. The molecule has 6 heteroatoms. The summed E-state index contributed by atoms with van der Waals surface area (Å²) in [6.07, 6.45) is 0.253. The van der Waals surface area contributed by atoms with Crippen LogP contribution in [0.5, 0.6) is 0 Å². The van der Waals surface area contributed by atoms with Crippen LogP contribution in [-0.2, 0) is 9.31 Å². The van der Waals surface area contributed by atoms with Crippen molar-refractivity contribution in [1.29, 1.82) is 0 Å². The molecule has 0 spiro atoms. The molecule has 0 unspecified atom stereocenters. The second-order valence-electron chi connectivity index (χ2n) is 5.90. The molecule has 0 saturated carbocycles. The first-order valence-corrected chi connectivity index (χ1v) is 6.61. The van der Waals surface area contributed by atoms with Gasteiger partial charge in [0.25, 0.3) is 5.91 Å². The van der Waals surface area contributed by atoms with Gasteiger partial charge in [-0.25, -0.2) is 4.39 Å². The van der Waals surface area contributed by atoms with Gasteiger partial charge in [0.05, 0.1) is 17.6 Å². The zero-order chi connectivity index (χ0) is 15.0. The molecular formula is C14H19BFNO3. The van der Waals surface area contributed by atoms with Crippen LogP contribution in [0.25, 0.3) is 0 Å². The third-order valence-corrected chi connectivity index (χ3v) is 3.84.